The minimum absolute atomic E-state index is 0.0833. The SMILES string of the molecule is CCCCCn1nc(C(=O)NNC(=O)/C=C/c2c(C)nn(C)c2C)c2ccccc2c1=O. The van der Waals surface area contributed by atoms with Crippen LogP contribution < -0.4 is 16.4 Å². The topological polar surface area (TPSA) is 111 Å². The first-order valence-corrected chi connectivity index (χ1v) is 10.6. The second-order valence-electron chi connectivity index (χ2n) is 7.61. The van der Waals surface area contributed by atoms with Crippen LogP contribution in [0.25, 0.3) is 16.8 Å². The monoisotopic (exact) mass is 436 g/mol. The number of nitrogens with one attached hydrogen (secondary N) is 2. The summed E-state index contributed by atoms with van der Waals surface area (Å²) < 4.78 is 3.06. The van der Waals surface area contributed by atoms with Crippen molar-refractivity contribution in [2.75, 3.05) is 0 Å². The summed E-state index contributed by atoms with van der Waals surface area (Å²) in [5, 5.41) is 9.44. The molecule has 0 saturated heterocycles. The molecule has 32 heavy (non-hydrogen) atoms. The highest BCUT2D eigenvalue weighted by atomic mass is 16.2. The van der Waals surface area contributed by atoms with Gasteiger partial charge in [0.1, 0.15) is 0 Å². The van der Waals surface area contributed by atoms with Crippen molar-refractivity contribution in [1.29, 1.82) is 0 Å². The maximum atomic E-state index is 12.8. The number of unbranched alkanes of at least 4 members (excludes halogenated alkanes) is 2. The van der Waals surface area contributed by atoms with Crippen LogP contribution in [0.5, 0.6) is 0 Å². The van der Waals surface area contributed by atoms with Crippen molar-refractivity contribution in [3.8, 4) is 0 Å². The van der Waals surface area contributed by atoms with Crippen LogP contribution in [0.4, 0.5) is 0 Å². The van der Waals surface area contributed by atoms with Crippen LogP contribution in [0, 0.1) is 13.8 Å². The number of fused-ring (bicyclic) bond motifs is 1. The predicted molar refractivity (Wildman–Crippen MR) is 123 cm³/mol. The summed E-state index contributed by atoms with van der Waals surface area (Å²) in [7, 11) is 1.83. The highest BCUT2D eigenvalue weighted by molar-refractivity contribution is 6.05. The number of hydrogen-bond donors (Lipinski definition) is 2. The second kappa shape index (κ2) is 10.0. The highest BCUT2D eigenvalue weighted by Crippen LogP contribution is 2.14. The molecule has 9 heteroatoms. The summed E-state index contributed by atoms with van der Waals surface area (Å²) in [6.45, 7) is 6.27. The maximum Gasteiger partial charge on any atom is 0.290 e. The molecule has 2 N–H and O–H groups in total. The van der Waals surface area contributed by atoms with E-state index in [1.807, 2.05) is 20.9 Å². The van der Waals surface area contributed by atoms with Crippen molar-refractivity contribution in [2.45, 2.75) is 46.6 Å². The Kier molecular flexibility index (Phi) is 7.19. The summed E-state index contributed by atoms with van der Waals surface area (Å²) in [5.74, 6) is -1.09. The molecule has 9 nitrogen and oxygen atoms in total. The molecule has 3 aromatic rings. The number of aromatic nitrogens is 4. The number of rotatable bonds is 7. The third kappa shape index (κ3) is 4.93. The molecule has 0 spiro atoms. The van der Waals surface area contributed by atoms with E-state index < -0.39 is 11.8 Å². The van der Waals surface area contributed by atoms with E-state index in [0.717, 1.165) is 36.2 Å². The molecule has 0 fully saturated rings. The van der Waals surface area contributed by atoms with E-state index in [1.165, 1.54) is 10.8 Å². The van der Waals surface area contributed by atoms with Gasteiger partial charge in [-0.3, -0.25) is 29.9 Å². The lowest BCUT2D eigenvalue weighted by Crippen LogP contribution is -2.42. The van der Waals surface area contributed by atoms with Crippen molar-refractivity contribution < 1.29 is 9.59 Å². The smallest absolute Gasteiger partial charge is 0.272 e. The van der Waals surface area contributed by atoms with Gasteiger partial charge < -0.3 is 0 Å². The lowest BCUT2D eigenvalue weighted by atomic mass is 10.1. The molecular weight excluding hydrogens is 408 g/mol. The van der Waals surface area contributed by atoms with Gasteiger partial charge in [0.25, 0.3) is 17.4 Å². The average Bonchev–Trinajstić information content (AvgIpc) is 3.03. The number of hydrazine groups is 1. The molecule has 0 atom stereocenters. The first-order valence-electron chi connectivity index (χ1n) is 10.6. The fraction of sp³-hybridized carbons (Fsp3) is 0.348. The van der Waals surface area contributed by atoms with Gasteiger partial charge in [0.05, 0.1) is 11.1 Å². The third-order valence-electron chi connectivity index (χ3n) is 5.32. The molecule has 0 aliphatic carbocycles. The van der Waals surface area contributed by atoms with E-state index in [0.29, 0.717) is 17.3 Å². The highest BCUT2D eigenvalue weighted by Gasteiger charge is 2.17. The number of aryl methyl sites for hydroxylation is 3. The van der Waals surface area contributed by atoms with E-state index in [9.17, 15) is 14.4 Å². The van der Waals surface area contributed by atoms with Gasteiger partial charge >= 0.3 is 0 Å². The van der Waals surface area contributed by atoms with Crippen LogP contribution in [0.15, 0.2) is 35.1 Å². The summed E-state index contributed by atoms with van der Waals surface area (Å²) in [5.41, 5.74) is 7.18. The molecule has 2 heterocycles. The van der Waals surface area contributed by atoms with E-state index in [2.05, 4.69) is 28.0 Å². The quantitative estimate of drug-likeness (QED) is 0.336. The second-order valence-corrected chi connectivity index (χ2v) is 7.61. The zero-order chi connectivity index (χ0) is 23.3. The summed E-state index contributed by atoms with van der Waals surface area (Å²) in [4.78, 5) is 37.7. The van der Waals surface area contributed by atoms with Crippen LogP contribution in [-0.2, 0) is 18.4 Å². The molecule has 0 aliphatic heterocycles. The van der Waals surface area contributed by atoms with Crippen LogP contribution in [0.1, 0.15) is 53.6 Å². The minimum atomic E-state index is -0.596. The number of carbonyl (C=O) groups is 2. The Bertz CT molecular complexity index is 1240. The minimum Gasteiger partial charge on any atom is -0.272 e. The predicted octanol–water partition coefficient (Wildman–Crippen LogP) is 2.41. The molecule has 2 aromatic heterocycles. The van der Waals surface area contributed by atoms with Crippen LogP contribution >= 0.6 is 0 Å². The molecule has 1 aromatic carbocycles. The summed E-state index contributed by atoms with van der Waals surface area (Å²) in [6.07, 6.45) is 5.74. The van der Waals surface area contributed by atoms with Gasteiger partial charge in [0, 0.05) is 36.3 Å². The first kappa shape index (κ1) is 22.9. The standard InChI is InChI=1S/C23H28N6O3/c1-5-6-9-14-29-23(32)19-11-8-7-10-18(19)21(27-29)22(31)25-24-20(30)13-12-17-15(2)26-28(4)16(17)3/h7-8,10-13H,5-6,9,14H2,1-4H3,(H,24,30)(H,25,31)/b13-12+. The number of nitrogens with zero attached hydrogens (tertiary/aromatic N) is 4. The zero-order valence-corrected chi connectivity index (χ0v) is 18.8. The van der Waals surface area contributed by atoms with E-state index in [-0.39, 0.29) is 11.3 Å². The van der Waals surface area contributed by atoms with E-state index in [1.54, 1.807) is 35.0 Å². The number of hydrogen-bond acceptors (Lipinski definition) is 5. The molecule has 0 unspecified atom stereocenters. The Balaban J connectivity index is 1.77. The summed E-state index contributed by atoms with van der Waals surface area (Å²) in [6, 6.07) is 6.83. The Morgan fingerprint density at radius 2 is 1.78 bits per heavy atom. The zero-order valence-electron chi connectivity index (χ0n) is 18.8. The molecule has 2 amide bonds. The largest absolute Gasteiger partial charge is 0.290 e. The van der Waals surface area contributed by atoms with Gasteiger partial charge in [-0.25, -0.2) is 4.68 Å². The van der Waals surface area contributed by atoms with Crippen molar-refractivity contribution in [1.82, 2.24) is 30.4 Å². The van der Waals surface area contributed by atoms with Crippen molar-refractivity contribution in [3.63, 3.8) is 0 Å². The molecule has 0 radical (unpaired) electrons. The number of amides is 2. The third-order valence-corrected chi connectivity index (χ3v) is 5.32. The maximum absolute atomic E-state index is 12.8. The Labute approximate surface area is 186 Å². The fourth-order valence-electron chi connectivity index (χ4n) is 3.48. The Hall–Kier alpha value is -3.75. The van der Waals surface area contributed by atoms with Crippen LogP contribution in [0.3, 0.4) is 0 Å². The lowest BCUT2D eigenvalue weighted by molar-refractivity contribution is -0.117. The molecule has 0 aliphatic rings. The molecule has 3 rings (SSSR count). The Morgan fingerprint density at radius 3 is 2.44 bits per heavy atom. The Morgan fingerprint density at radius 1 is 1.06 bits per heavy atom. The fourth-order valence-corrected chi connectivity index (χ4v) is 3.48. The van der Waals surface area contributed by atoms with Crippen LogP contribution in [-0.4, -0.2) is 31.4 Å². The molecule has 0 saturated carbocycles. The van der Waals surface area contributed by atoms with Crippen molar-refractivity contribution in [2.24, 2.45) is 7.05 Å². The van der Waals surface area contributed by atoms with Crippen LogP contribution in [0.2, 0.25) is 0 Å². The van der Waals surface area contributed by atoms with E-state index in [4.69, 9.17) is 0 Å². The molecular formula is C23H28N6O3. The average molecular weight is 437 g/mol. The van der Waals surface area contributed by atoms with Gasteiger partial charge in [-0.15, -0.1) is 0 Å². The summed E-state index contributed by atoms with van der Waals surface area (Å²) >= 11 is 0. The van der Waals surface area contributed by atoms with Crippen molar-refractivity contribution in [3.05, 3.63) is 63.3 Å². The van der Waals surface area contributed by atoms with Gasteiger partial charge in [-0.1, -0.05) is 38.0 Å². The molecule has 0 bridgehead atoms. The number of benzene rings is 1. The first-order chi connectivity index (χ1) is 15.3. The van der Waals surface area contributed by atoms with Crippen molar-refractivity contribution >= 4 is 28.7 Å². The lowest BCUT2D eigenvalue weighted by Gasteiger charge is -2.11. The molecule has 168 valence electrons. The van der Waals surface area contributed by atoms with Gasteiger partial charge in [-0.2, -0.15) is 10.2 Å². The van der Waals surface area contributed by atoms with Gasteiger partial charge in [0.2, 0.25) is 0 Å². The normalized spacial score (nSPS) is 11.2. The van der Waals surface area contributed by atoms with Gasteiger partial charge in [0.15, 0.2) is 5.69 Å². The van der Waals surface area contributed by atoms with E-state index >= 15 is 0 Å². The van der Waals surface area contributed by atoms with Gasteiger partial charge in [-0.05, 0) is 32.4 Å². The number of carbonyl (C=O) groups excluding carboxylic acids is 2.